The molecule has 2 rings (SSSR count). The smallest absolute Gasteiger partial charge is 0.347 e. The summed E-state index contributed by atoms with van der Waals surface area (Å²) in [5.41, 5.74) is 2.79. The van der Waals surface area contributed by atoms with Crippen molar-refractivity contribution in [1.29, 1.82) is 0 Å². The Morgan fingerprint density at radius 1 is 1.27 bits per heavy atom. The average molecular weight is 318 g/mol. The van der Waals surface area contributed by atoms with Crippen molar-refractivity contribution in [3.63, 3.8) is 0 Å². The fraction of sp³-hybridized carbons (Fsp3) is 0.312. The molecule has 1 aromatic carbocycles. The number of thiazole rings is 1. The molecule has 5 nitrogen and oxygen atoms in total. The van der Waals surface area contributed by atoms with Crippen LogP contribution < -0.4 is 5.32 Å². The maximum Gasteiger partial charge on any atom is 0.347 e. The Morgan fingerprint density at radius 2 is 1.95 bits per heavy atom. The molecule has 0 unspecified atom stereocenters. The standard InChI is InChI=1S/C16H18N2O3S/c1-3-12-14(15(20)21)22-16(17-12)18-13(19)9-8-11-6-4-10(2)5-7-11/h4-7H,3,8-9H2,1-2H3,(H,20,21)(H,17,18,19). The molecule has 116 valence electrons. The number of hydrogen-bond acceptors (Lipinski definition) is 4. The van der Waals surface area contributed by atoms with Crippen molar-refractivity contribution >= 4 is 28.3 Å². The van der Waals surface area contributed by atoms with Gasteiger partial charge in [0.1, 0.15) is 4.88 Å². The molecule has 0 bridgehead atoms. The van der Waals surface area contributed by atoms with E-state index in [1.54, 1.807) is 0 Å². The SMILES string of the molecule is CCc1nc(NC(=O)CCc2ccc(C)cc2)sc1C(=O)O. The van der Waals surface area contributed by atoms with Crippen molar-refractivity contribution in [2.24, 2.45) is 0 Å². The molecule has 2 N–H and O–H groups in total. The third-order valence-electron chi connectivity index (χ3n) is 3.23. The molecule has 0 radical (unpaired) electrons. The average Bonchev–Trinajstić information content (AvgIpc) is 2.90. The van der Waals surface area contributed by atoms with Gasteiger partial charge >= 0.3 is 5.97 Å². The highest BCUT2D eigenvalue weighted by Gasteiger charge is 2.17. The van der Waals surface area contributed by atoms with Crippen LogP contribution in [-0.2, 0) is 17.6 Å². The van der Waals surface area contributed by atoms with Gasteiger partial charge in [-0.25, -0.2) is 9.78 Å². The monoisotopic (exact) mass is 318 g/mol. The van der Waals surface area contributed by atoms with Gasteiger partial charge in [0.2, 0.25) is 5.91 Å². The highest BCUT2D eigenvalue weighted by molar-refractivity contribution is 7.17. The molecule has 0 atom stereocenters. The zero-order valence-corrected chi connectivity index (χ0v) is 13.4. The van der Waals surface area contributed by atoms with E-state index >= 15 is 0 Å². The van der Waals surface area contributed by atoms with Crippen LogP contribution in [0.3, 0.4) is 0 Å². The van der Waals surface area contributed by atoms with Gasteiger partial charge in [-0.15, -0.1) is 0 Å². The van der Waals surface area contributed by atoms with Gasteiger partial charge in [-0.1, -0.05) is 48.1 Å². The van der Waals surface area contributed by atoms with Gasteiger partial charge in [-0.05, 0) is 25.3 Å². The molecule has 6 heteroatoms. The Morgan fingerprint density at radius 3 is 2.50 bits per heavy atom. The van der Waals surface area contributed by atoms with Crippen LogP contribution in [0.25, 0.3) is 0 Å². The minimum absolute atomic E-state index is 0.158. The van der Waals surface area contributed by atoms with E-state index in [2.05, 4.69) is 10.3 Å². The van der Waals surface area contributed by atoms with E-state index in [1.807, 2.05) is 38.1 Å². The number of carboxylic acids is 1. The highest BCUT2D eigenvalue weighted by atomic mass is 32.1. The fourth-order valence-corrected chi connectivity index (χ4v) is 2.92. The molecule has 0 saturated carbocycles. The number of rotatable bonds is 6. The molecule has 22 heavy (non-hydrogen) atoms. The zero-order valence-electron chi connectivity index (χ0n) is 12.5. The van der Waals surface area contributed by atoms with Gasteiger partial charge < -0.3 is 10.4 Å². The molecule has 0 aliphatic heterocycles. The Kier molecular flexibility index (Phi) is 5.27. The third kappa shape index (κ3) is 4.14. The predicted molar refractivity (Wildman–Crippen MR) is 86.6 cm³/mol. The third-order valence-corrected chi connectivity index (χ3v) is 4.24. The number of aryl methyl sites for hydroxylation is 3. The minimum atomic E-state index is -1.01. The fourth-order valence-electron chi connectivity index (χ4n) is 2.01. The van der Waals surface area contributed by atoms with Crippen LogP contribution >= 0.6 is 11.3 Å². The minimum Gasteiger partial charge on any atom is -0.477 e. The van der Waals surface area contributed by atoms with Crippen LogP contribution in [0.4, 0.5) is 5.13 Å². The number of aromatic nitrogens is 1. The Labute approximate surface area is 133 Å². The first-order valence-corrected chi connectivity index (χ1v) is 7.89. The summed E-state index contributed by atoms with van der Waals surface area (Å²) in [5.74, 6) is -1.16. The van der Waals surface area contributed by atoms with Crippen LogP contribution in [0.1, 0.15) is 39.8 Å². The predicted octanol–water partition coefficient (Wildman–Crippen LogP) is 3.28. The summed E-state index contributed by atoms with van der Waals surface area (Å²) < 4.78 is 0. The summed E-state index contributed by atoms with van der Waals surface area (Å²) in [6, 6.07) is 8.04. The van der Waals surface area contributed by atoms with Gasteiger partial charge in [0.25, 0.3) is 0 Å². The molecule has 0 fully saturated rings. The quantitative estimate of drug-likeness (QED) is 0.856. The van der Waals surface area contributed by atoms with Crippen molar-refractivity contribution in [2.75, 3.05) is 5.32 Å². The lowest BCUT2D eigenvalue weighted by atomic mass is 10.1. The summed E-state index contributed by atoms with van der Waals surface area (Å²) in [6.45, 7) is 3.86. The van der Waals surface area contributed by atoms with Crippen LogP contribution in [0.5, 0.6) is 0 Å². The lowest BCUT2D eigenvalue weighted by molar-refractivity contribution is -0.116. The lowest BCUT2D eigenvalue weighted by Gasteiger charge is -2.02. The maximum atomic E-state index is 11.9. The number of carboxylic acid groups (broad SMARTS) is 1. The number of anilines is 1. The van der Waals surface area contributed by atoms with Crippen LogP contribution in [0.2, 0.25) is 0 Å². The van der Waals surface area contributed by atoms with E-state index in [-0.39, 0.29) is 10.8 Å². The molecule has 0 spiro atoms. The van der Waals surface area contributed by atoms with E-state index in [4.69, 9.17) is 5.11 Å². The summed E-state index contributed by atoms with van der Waals surface area (Å²) in [5, 5.41) is 12.1. The van der Waals surface area contributed by atoms with Crippen LogP contribution in [0.15, 0.2) is 24.3 Å². The second-order valence-electron chi connectivity index (χ2n) is 4.99. The molecule has 0 aliphatic carbocycles. The van der Waals surface area contributed by atoms with E-state index in [1.165, 1.54) is 5.56 Å². The van der Waals surface area contributed by atoms with E-state index in [9.17, 15) is 9.59 Å². The summed E-state index contributed by atoms with van der Waals surface area (Å²) >= 11 is 1.00. The Balaban J connectivity index is 1.94. The molecule has 0 aliphatic rings. The highest BCUT2D eigenvalue weighted by Crippen LogP contribution is 2.23. The van der Waals surface area contributed by atoms with Gasteiger partial charge in [0, 0.05) is 6.42 Å². The van der Waals surface area contributed by atoms with Gasteiger partial charge in [-0.3, -0.25) is 4.79 Å². The van der Waals surface area contributed by atoms with Gasteiger partial charge in [0.05, 0.1) is 5.69 Å². The van der Waals surface area contributed by atoms with Gasteiger partial charge in [0.15, 0.2) is 5.13 Å². The summed E-state index contributed by atoms with van der Waals surface area (Å²) in [6.07, 6.45) is 1.51. The number of hydrogen-bond donors (Lipinski definition) is 2. The normalized spacial score (nSPS) is 10.5. The van der Waals surface area contributed by atoms with Crippen molar-refractivity contribution in [1.82, 2.24) is 4.98 Å². The number of benzene rings is 1. The van der Waals surface area contributed by atoms with Crippen molar-refractivity contribution in [3.05, 3.63) is 46.0 Å². The molecule has 1 heterocycles. The molecular formula is C16H18N2O3S. The zero-order chi connectivity index (χ0) is 16.1. The van der Waals surface area contributed by atoms with E-state index in [0.29, 0.717) is 30.1 Å². The number of carbonyl (C=O) groups excluding carboxylic acids is 1. The first-order chi connectivity index (χ1) is 10.5. The number of aromatic carboxylic acids is 1. The summed E-state index contributed by atoms with van der Waals surface area (Å²) in [7, 11) is 0. The Bertz CT molecular complexity index is 677. The first-order valence-electron chi connectivity index (χ1n) is 7.08. The molecular weight excluding hydrogens is 300 g/mol. The number of nitrogens with zero attached hydrogens (tertiary/aromatic N) is 1. The van der Waals surface area contributed by atoms with E-state index < -0.39 is 5.97 Å². The second-order valence-corrected chi connectivity index (χ2v) is 5.99. The van der Waals surface area contributed by atoms with Crippen molar-refractivity contribution < 1.29 is 14.7 Å². The lowest BCUT2D eigenvalue weighted by Crippen LogP contribution is -2.12. The number of amides is 1. The van der Waals surface area contributed by atoms with Gasteiger partial charge in [-0.2, -0.15) is 0 Å². The molecule has 0 saturated heterocycles. The Hall–Kier alpha value is -2.21. The number of carbonyl (C=O) groups is 2. The number of nitrogens with one attached hydrogen (secondary N) is 1. The van der Waals surface area contributed by atoms with E-state index in [0.717, 1.165) is 16.9 Å². The van der Waals surface area contributed by atoms with Crippen molar-refractivity contribution in [2.45, 2.75) is 33.1 Å². The van der Waals surface area contributed by atoms with Crippen LogP contribution in [0, 0.1) is 6.92 Å². The molecule has 2 aromatic rings. The maximum absolute atomic E-state index is 11.9. The first kappa shape index (κ1) is 16.2. The summed E-state index contributed by atoms with van der Waals surface area (Å²) in [4.78, 5) is 27.4. The topological polar surface area (TPSA) is 79.3 Å². The van der Waals surface area contributed by atoms with Crippen molar-refractivity contribution in [3.8, 4) is 0 Å². The second kappa shape index (κ2) is 7.17. The van der Waals surface area contributed by atoms with Crippen LogP contribution in [-0.4, -0.2) is 22.0 Å². The molecule has 1 amide bonds. The molecule has 1 aromatic heterocycles. The largest absolute Gasteiger partial charge is 0.477 e.